The molecule has 0 radical (unpaired) electrons. The number of nitrogens with zero attached hydrogens (tertiary/aromatic N) is 3. The van der Waals surface area contributed by atoms with E-state index in [-0.39, 0.29) is 11.7 Å². The number of nitriles is 1. The molecule has 1 amide bonds. The maximum atomic E-state index is 11.9. The van der Waals surface area contributed by atoms with Gasteiger partial charge in [-0.1, -0.05) is 34.7 Å². The number of amides is 1. The third-order valence-electron chi connectivity index (χ3n) is 2.43. The first kappa shape index (κ1) is 16.5. The van der Waals surface area contributed by atoms with Gasteiger partial charge in [0.05, 0.1) is 16.3 Å². The molecule has 1 aromatic carbocycles. The average molecular weight is 354 g/mol. The number of anilines is 2. The van der Waals surface area contributed by atoms with Crippen LogP contribution in [0.2, 0.25) is 5.02 Å². The lowest BCUT2D eigenvalue weighted by Crippen LogP contribution is -2.13. The highest BCUT2D eigenvalue weighted by atomic mass is 35.5. The molecule has 0 aliphatic rings. The second-order valence-electron chi connectivity index (χ2n) is 4.05. The van der Waals surface area contributed by atoms with Crippen molar-refractivity contribution in [2.45, 2.75) is 11.3 Å². The topological polar surface area (TPSA) is 90.7 Å². The predicted octanol–water partition coefficient (Wildman–Crippen LogP) is 3.23. The first-order valence-electron chi connectivity index (χ1n) is 6.32. The zero-order valence-corrected chi connectivity index (χ0v) is 14.0. The molecule has 0 saturated carbocycles. The highest BCUT2D eigenvalue weighted by Gasteiger charge is 2.09. The summed E-state index contributed by atoms with van der Waals surface area (Å²) < 4.78 is 0.726. The van der Waals surface area contributed by atoms with Gasteiger partial charge in [0.15, 0.2) is 4.34 Å². The number of aromatic nitrogens is 2. The highest BCUT2D eigenvalue weighted by Crippen LogP contribution is 2.25. The molecule has 0 saturated heterocycles. The van der Waals surface area contributed by atoms with E-state index in [4.69, 9.17) is 16.9 Å². The van der Waals surface area contributed by atoms with Crippen LogP contribution in [-0.4, -0.2) is 28.4 Å². The molecular weight excluding hydrogens is 342 g/mol. The minimum Gasteiger partial charge on any atom is -0.360 e. The molecule has 2 N–H and O–H groups in total. The van der Waals surface area contributed by atoms with Crippen molar-refractivity contribution in [2.75, 3.05) is 22.9 Å². The van der Waals surface area contributed by atoms with Gasteiger partial charge in [0.25, 0.3) is 0 Å². The van der Waals surface area contributed by atoms with Crippen LogP contribution in [0, 0.1) is 11.3 Å². The third kappa shape index (κ3) is 4.59. The van der Waals surface area contributed by atoms with Gasteiger partial charge < -0.3 is 10.6 Å². The third-order valence-corrected chi connectivity index (χ3v) is 4.76. The van der Waals surface area contributed by atoms with Crippen LogP contribution in [0.5, 0.6) is 0 Å². The molecule has 22 heavy (non-hydrogen) atoms. The molecule has 0 atom stereocenters. The van der Waals surface area contributed by atoms with Crippen molar-refractivity contribution in [3.05, 3.63) is 28.8 Å². The summed E-state index contributed by atoms with van der Waals surface area (Å²) in [6, 6.07) is 6.73. The molecular formula is C13H12ClN5OS2. The van der Waals surface area contributed by atoms with E-state index in [1.807, 2.05) is 13.0 Å². The van der Waals surface area contributed by atoms with Gasteiger partial charge in [-0.15, -0.1) is 10.2 Å². The Balaban J connectivity index is 1.87. The summed E-state index contributed by atoms with van der Waals surface area (Å²) in [5, 5.41) is 23.6. The monoisotopic (exact) mass is 353 g/mol. The molecule has 1 aromatic heterocycles. The standard InChI is InChI=1S/C13H12ClN5OS2/c1-2-16-12-18-19-13(22-12)21-7-11(20)17-9-4-3-8(6-15)10(14)5-9/h3-5H,2,7H2,1H3,(H,16,18)(H,17,20). The van der Waals surface area contributed by atoms with Gasteiger partial charge in [-0.2, -0.15) is 5.26 Å². The first-order chi connectivity index (χ1) is 10.6. The van der Waals surface area contributed by atoms with Crippen LogP contribution < -0.4 is 10.6 Å². The van der Waals surface area contributed by atoms with Gasteiger partial charge in [-0.25, -0.2) is 0 Å². The molecule has 0 bridgehead atoms. The van der Waals surface area contributed by atoms with Crippen molar-refractivity contribution >= 4 is 51.4 Å². The van der Waals surface area contributed by atoms with E-state index in [2.05, 4.69) is 20.8 Å². The van der Waals surface area contributed by atoms with Crippen molar-refractivity contribution in [3.63, 3.8) is 0 Å². The SMILES string of the molecule is CCNc1nnc(SCC(=O)Nc2ccc(C#N)c(Cl)c2)s1. The molecule has 1 heterocycles. The van der Waals surface area contributed by atoms with E-state index in [1.165, 1.54) is 23.1 Å². The lowest BCUT2D eigenvalue weighted by molar-refractivity contribution is -0.113. The fourth-order valence-electron chi connectivity index (χ4n) is 1.50. The van der Waals surface area contributed by atoms with E-state index in [1.54, 1.807) is 18.2 Å². The van der Waals surface area contributed by atoms with E-state index < -0.39 is 0 Å². The Morgan fingerprint density at radius 1 is 1.50 bits per heavy atom. The second kappa shape index (κ2) is 7.98. The van der Waals surface area contributed by atoms with Crippen molar-refractivity contribution < 1.29 is 4.79 Å². The molecule has 0 spiro atoms. The molecule has 9 heteroatoms. The fourth-order valence-corrected chi connectivity index (χ4v) is 3.34. The predicted molar refractivity (Wildman–Crippen MR) is 89.6 cm³/mol. The van der Waals surface area contributed by atoms with E-state index >= 15 is 0 Å². The van der Waals surface area contributed by atoms with Gasteiger partial charge in [-0.3, -0.25) is 4.79 Å². The Morgan fingerprint density at radius 3 is 3.00 bits per heavy atom. The summed E-state index contributed by atoms with van der Waals surface area (Å²) in [5.41, 5.74) is 0.930. The maximum absolute atomic E-state index is 11.9. The zero-order valence-electron chi connectivity index (χ0n) is 11.6. The van der Waals surface area contributed by atoms with Crippen molar-refractivity contribution in [1.29, 1.82) is 5.26 Å². The van der Waals surface area contributed by atoms with Crippen molar-refractivity contribution in [1.82, 2.24) is 10.2 Å². The number of halogens is 1. The zero-order chi connectivity index (χ0) is 15.9. The minimum atomic E-state index is -0.175. The van der Waals surface area contributed by atoms with E-state index in [9.17, 15) is 4.79 Å². The number of hydrogen-bond acceptors (Lipinski definition) is 7. The number of nitrogens with one attached hydrogen (secondary N) is 2. The van der Waals surface area contributed by atoms with E-state index in [0.717, 1.165) is 16.0 Å². The van der Waals surface area contributed by atoms with Crippen LogP contribution in [0.4, 0.5) is 10.8 Å². The summed E-state index contributed by atoms with van der Waals surface area (Å²) in [7, 11) is 0. The lowest BCUT2D eigenvalue weighted by Gasteiger charge is -2.05. The smallest absolute Gasteiger partial charge is 0.234 e. The summed E-state index contributed by atoms with van der Waals surface area (Å²) in [5.74, 6) is 0.0456. The summed E-state index contributed by atoms with van der Waals surface area (Å²) >= 11 is 8.64. The molecule has 114 valence electrons. The van der Waals surface area contributed by atoms with Gasteiger partial charge in [0.1, 0.15) is 6.07 Å². The Morgan fingerprint density at radius 2 is 2.32 bits per heavy atom. The molecule has 6 nitrogen and oxygen atoms in total. The average Bonchev–Trinajstić information content (AvgIpc) is 2.93. The first-order valence-corrected chi connectivity index (χ1v) is 8.50. The number of hydrogen-bond donors (Lipinski definition) is 2. The van der Waals surface area contributed by atoms with Gasteiger partial charge in [0.2, 0.25) is 11.0 Å². The van der Waals surface area contributed by atoms with Gasteiger partial charge in [-0.05, 0) is 25.1 Å². The fraction of sp³-hybridized carbons (Fsp3) is 0.231. The largest absolute Gasteiger partial charge is 0.360 e. The number of carbonyl (C=O) groups excluding carboxylic acids is 1. The maximum Gasteiger partial charge on any atom is 0.234 e. The number of thioether (sulfide) groups is 1. The normalized spacial score (nSPS) is 10.0. The van der Waals surface area contributed by atoms with E-state index in [0.29, 0.717) is 16.3 Å². The molecule has 0 aliphatic carbocycles. The number of benzene rings is 1. The molecule has 0 aliphatic heterocycles. The lowest BCUT2D eigenvalue weighted by atomic mass is 10.2. The summed E-state index contributed by atoms with van der Waals surface area (Å²) in [6.07, 6.45) is 0. The van der Waals surface area contributed by atoms with Crippen LogP contribution in [0.15, 0.2) is 22.5 Å². The van der Waals surface area contributed by atoms with Gasteiger partial charge >= 0.3 is 0 Å². The number of rotatable bonds is 6. The van der Waals surface area contributed by atoms with Gasteiger partial charge in [0, 0.05) is 12.2 Å². The Kier molecular flexibility index (Phi) is 6.00. The molecule has 2 rings (SSSR count). The number of carbonyl (C=O) groups is 1. The quantitative estimate of drug-likeness (QED) is 0.775. The molecule has 0 fully saturated rings. The second-order valence-corrected chi connectivity index (χ2v) is 6.65. The Hall–Kier alpha value is -1.82. The van der Waals surface area contributed by atoms with Crippen LogP contribution >= 0.6 is 34.7 Å². The van der Waals surface area contributed by atoms with Crippen molar-refractivity contribution in [3.8, 4) is 6.07 Å². The minimum absolute atomic E-state index is 0.175. The van der Waals surface area contributed by atoms with Crippen LogP contribution in [0.3, 0.4) is 0 Å². The van der Waals surface area contributed by atoms with Crippen molar-refractivity contribution in [2.24, 2.45) is 0 Å². The van der Waals surface area contributed by atoms with Crippen LogP contribution in [0.25, 0.3) is 0 Å². The highest BCUT2D eigenvalue weighted by molar-refractivity contribution is 8.01. The Labute approximate surface area is 140 Å². The molecule has 0 unspecified atom stereocenters. The summed E-state index contributed by atoms with van der Waals surface area (Å²) in [4.78, 5) is 11.9. The van der Waals surface area contributed by atoms with Crippen LogP contribution in [-0.2, 0) is 4.79 Å². The molecule has 2 aromatic rings. The Bertz CT molecular complexity index is 713. The van der Waals surface area contributed by atoms with Crippen LogP contribution in [0.1, 0.15) is 12.5 Å². The summed E-state index contributed by atoms with van der Waals surface area (Å²) in [6.45, 7) is 2.75.